The van der Waals surface area contributed by atoms with Gasteiger partial charge in [0.15, 0.2) is 0 Å². The lowest BCUT2D eigenvalue weighted by Crippen LogP contribution is -2.23. The number of allylic oxidation sites excluding steroid dienone is 1. The van der Waals surface area contributed by atoms with Crippen molar-refractivity contribution in [2.75, 3.05) is 13.1 Å². The monoisotopic (exact) mass is 231 g/mol. The summed E-state index contributed by atoms with van der Waals surface area (Å²) in [6, 6.07) is 7.23. The second-order valence-electron chi connectivity index (χ2n) is 4.33. The summed E-state index contributed by atoms with van der Waals surface area (Å²) in [5.74, 6) is -0.852. The third-order valence-corrected chi connectivity index (χ3v) is 3.30. The van der Waals surface area contributed by atoms with Crippen LogP contribution in [0.3, 0.4) is 0 Å². The van der Waals surface area contributed by atoms with E-state index in [1.807, 2.05) is 19.1 Å². The molecular formula is C14H17NO2. The Labute approximate surface area is 101 Å². The summed E-state index contributed by atoms with van der Waals surface area (Å²) in [6.07, 6.45) is 2.03. The van der Waals surface area contributed by atoms with E-state index in [-0.39, 0.29) is 0 Å². The van der Waals surface area contributed by atoms with E-state index >= 15 is 0 Å². The topological polar surface area (TPSA) is 49.3 Å². The minimum Gasteiger partial charge on any atom is -0.478 e. The average molecular weight is 231 g/mol. The Bertz CT molecular complexity index is 455. The van der Waals surface area contributed by atoms with Gasteiger partial charge in [-0.15, -0.1) is 0 Å². The summed E-state index contributed by atoms with van der Waals surface area (Å²) in [5, 5.41) is 12.5. The molecule has 0 aliphatic carbocycles. The Balaban J connectivity index is 2.42. The van der Waals surface area contributed by atoms with E-state index in [0.717, 1.165) is 37.1 Å². The normalized spacial score (nSPS) is 15.7. The van der Waals surface area contributed by atoms with Gasteiger partial charge < -0.3 is 10.4 Å². The molecule has 1 saturated heterocycles. The van der Waals surface area contributed by atoms with Gasteiger partial charge in [-0.2, -0.15) is 0 Å². The van der Waals surface area contributed by atoms with Gasteiger partial charge in [0.25, 0.3) is 0 Å². The van der Waals surface area contributed by atoms with Crippen molar-refractivity contribution in [1.82, 2.24) is 5.32 Å². The van der Waals surface area contributed by atoms with Gasteiger partial charge in [0.1, 0.15) is 0 Å². The van der Waals surface area contributed by atoms with Crippen molar-refractivity contribution in [2.45, 2.75) is 19.8 Å². The molecule has 1 aromatic carbocycles. The van der Waals surface area contributed by atoms with Crippen LogP contribution in [0.5, 0.6) is 0 Å². The van der Waals surface area contributed by atoms with Crippen LogP contribution in [0.15, 0.2) is 29.8 Å². The first-order valence-corrected chi connectivity index (χ1v) is 5.92. The number of piperidine rings is 1. The van der Waals surface area contributed by atoms with E-state index in [0.29, 0.717) is 5.56 Å². The Kier molecular flexibility index (Phi) is 3.59. The fourth-order valence-corrected chi connectivity index (χ4v) is 2.29. The number of nitrogens with one attached hydrogen (secondary N) is 1. The Morgan fingerprint density at radius 1 is 1.18 bits per heavy atom. The average Bonchev–Trinajstić information content (AvgIpc) is 2.39. The minimum absolute atomic E-state index is 0.399. The van der Waals surface area contributed by atoms with Gasteiger partial charge >= 0.3 is 5.97 Å². The van der Waals surface area contributed by atoms with Crippen molar-refractivity contribution in [2.24, 2.45) is 0 Å². The maximum Gasteiger partial charge on any atom is 0.336 e. The van der Waals surface area contributed by atoms with Crippen LogP contribution in [0.2, 0.25) is 0 Å². The van der Waals surface area contributed by atoms with E-state index in [4.69, 9.17) is 0 Å². The lowest BCUT2D eigenvalue weighted by molar-refractivity contribution is 0.0696. The van der Waals surface area contributed by atoms with E-state index in [1.165, 1.54) is 5.57 Å². The Morgan fingerprint density at radius 3 is 2.35 bits per heavy atom. The molecule has 1 aliphatic rings. The molecular weight excluding hydrogens is 214 g/mol. The predicted molar refractivity (Wildman–Crippen MR) is 68.1 cm³/mol. The van der Waals surface area contributed by atoms with Crippen LogP contribution in [0, 0.1) is 0 Å². The molecule has 0 saturated carbocycles. The summed E-state index contributed by atoms with van der Waals surface area (Å²) in [6.45, 7) is 4.01. The van der Waals surface area contributed by atoms with E-state index in [9.17, 15) is 9.90 Å². The molecule has 3 nitrogen and oxygen atoms in total. The van der Waals surface area contributed by atoms with Gasteiger partial charge in [-0.3, -0.25) is 0 Å². The molecule has 1 heterocycles. The number of carbonyl (C=O) groups is 1. The van der Waals surface area contributed by atoms with Crippen molar-refractivity contribution in [3.63, 3.8) is 0 Å². The molecule has 0 aromatic heterocycles. The highest BCUT2D eigenvalue weighted by Crippen LogP contribution is 2.26. The molecule has 90 valence electrons. The van der Waals surface area contributed by atoms with Gasteiger partial charge in [-0.25, -0.2) is 4.79 Å². The van der Waals surface area contributed by atoms with Crippen LogP contribution in [0.25, 0.3) is 5.57 Å². The van der Waals surface area contributed by atoms with Crippen molar-refractivity contribution >= 4 is 11.5 Å². The van der Waals surface area contributed by atoms with Gasteiger partial charge in [0, 0.05) is 0 Å². The molecule has 1 aromatic rings. The first-order chi connectivity index (χ1) is 8.20. The molecule has 0 amide bonds. The number of hydrogen-bond acceptors (Lipinski definition) is 2. The van der Waals surface area contributed by atoms with Crippen molar-refractivity contribution < 1.29 is 9.90 Å². The number of carboxylic acids is 1. The van der Waals surface area contributed by atoms with Crippen LogP contribution in [-0.2, 0) is 0 Å². The Morgan fingerprint density at radius 2 is 1.76 bits per heavy atom. The summed E-state index contributed by atoms with van der Waals surface area (Å²) in [7, 11) is 0. The summed E-state index contributed by atoms with van der Waals surface area (Å²) >= 11 is 0. The predicted octanol–water partition coefficient (Wildman–Crippen LogP) is 2.54. The number of hydrogen-bond donors (Lipinski definition) is 2. The fourth-order valence-electron chi connectivity index (χ4n) is 2.29. The zero-order valence-corrected chi connectivity index (χ0v) is 9.99. The van der Waals surface area contributed by atoms with Gasteiger partial charge in [0.2, 0.25) is 0 Å². The first kappa shape index (κ1) is 11.9. The van der Waals surface area contributed by atoms with Crippen LogP contribution >= 0.6 is 0 Å². The second kappa shape index (κ2) is 5.15. The highest BCUT2D eigenvalue weighted by Gasteiger charge is 2.14. The SMILES string of the molecule is CC(=C1CCNCC1)c1ccccc1C(=O)O. The summed E-state index contributed by atoms with van der Waals surface area (Å²) < 4.78 is 0. The highest BCUT2D eigenvalue weighted by molar-refractivity contribution is 5.94. The van der Waals surface area contributed by atoms with Gasteiger partial charge in [0.05, 0.1) is 5.56 Å². The smallest absolute Gasteiger partial charge is 0.336 e. The van der Waals surface area contributed by atoms with E-state index in [1.54, 1.807) is 12.1 Å². The zero-order valence-electron chi connectivity index (χ0n) is 9.99. The molecule has 1 fully saturated rings. The molecule has 3 heteroatoms. The second-order valence-corrected chi connectivity index (χ2v) is 4.33. The minimum atomic E-state index is -0.852. The molecule has 2 rings (SSSR count). The van der Waals surface area contributed by atoms with Crippen LogP contribution < -0.4 is 5.32 Å². The number of rotatable bonds is 2. The van der Waals surface area contributed by atoms with Gasteiger partial charge in [-0.05, 0) is 50.1 Å². The lowest BCUT2D eigenvalue weighted by atomic mass is 9.92. The molecule has 0 spiro atoms. The standard InChI is InChI=1S/C14H17NO2/c1-10(11-6-8-15-9-7-11)12-4-2-3-5-13(12)14(16)17/h2-5,15H,6-9H2,1H3,(H,16,17). The fraction of sp³-hybridized carbons (Fsp3) is 0.357. The molecule has 0 atom stereocenters. The van der Waals surface area contributed by atoms with Crippen molar-refractivity contribution in [3.8, 4) is 0 Å². The molecule has 0 unspecified atom stereocenters. The molecule has 0 bridgehead atoms. The maximum atomic E-state index is 11.2. The molecule has 2 N–H and O–H groups in total. The summed E-state index contributed by atoms with van der Waals surface area (Å²) in [5.41, 5.74) is 3.76. The number of carboxylic acid groups (broad SMARTS) is 1. The van der Waals surface area contributed by atoms with Crippen LogP contribution in [-0.4, -0.2) is 24.2 Å². The first-order valence-electron chi connectivity index (χ1n) is 5.92. The largest absolute Gasteiger partial charge is 0.478 e. The molecule has 1 aliphatic heterocycles. The number of benzene rings is 1. The quantitative estimate of drug-likeness (QED) is 0.822. The highest BCUT2D eigenvalue weighted by atomic mass is 16.4. The van der Waals surface area contributed by atoms with Crippen molar-refractivity contribution in [1.29, 1.82) is 0 Å². The molecule has 17 heavy (non-hydrogen) atoms. The van der Waals surface area contributed by atoms with Crippen LogP contribution in [0.1, 0.15) is 35.7 Å². The maximum absolute atomic E-state index is 11.2. The zero-order chi connectivity index (χ0) is 12.3. The third-order valence-electron chi connectivity index (χ3n) is 3.30. The number of aromatic carboxylic acids is 1. The third kappa shape index (κ3) is 2.56. The van der Waals surface area contributed by atoms with Gasteiger partial charge in [-0.1, -0.05) is 23.8 Å². The van der Waals surface area contributed by atoms with E-state index < -0.39 is 5.97 Å². The lowest BCUT2D eigenvalue weighted by Gasteiger charge is -2.19. The Hall–Kier alpha value is -1.61. The molecule has 0 radical (unpaired) electrons. The van der Waals surface area contributed by atoms with Crippen LogP contribution in [0.4, 0.5) is 0 Å². The van der Waals surface area contributed by atoms with E-state index in [2.05, 4.69) is 5.32 Å². The summed E-state index contributed by atoms with van der Waals surface area (Å²) in [4.78, 5) is 11.2. The van der Waals surface area contributed by atoms with Crippen molar-refractivity contribution in [3.05, 3.63) is 41.0 Å².